The molecule has 0 aromatic carbocycles. The molecule has 0 amide bonds. The van der Waals surface area contributed by atoms with Crippen molar-refractivity contribution in [1.29, 1.82) is 0 Å². The number of esters is 1. The summed E-state index contributed by atoms with van der Waals surface area (Å²) in [6.45, 7) is 0. The molecule has 1 heterocycles. The second-order valence-corrected chi connectivity index (χ2v) is 8.16. The van der Waals surface area contributed by atoms with Gasteiger partial charge in [-0.05, 0) is 43.4 Å². The molecular weight excluding hydrogens is 342 g/mol. The van der Waals surface area contributed by atoms with E-state index in [1.807, 2.05) is 0 Å². The van der Waals surface area contributed by atoms with Crippen LogP contribution in [0.25, 0.3) is 0 Å². The van der Waals surface area contributed by atoms with Gasteiger partial charge in [-0.2, -0.15) is 0 Å². The molecule has 1 N–H and O–H groups in total. The molecular formula is C18H30BrNO2. The minimum atomic E-state index is 0.0312. The van der Waals surface area contributed by atoms with Crippen LogP contribution in [-0.4, -0.2) is 30.5 Å². The van der Waals surface area contributed by atoms with E-state index in [1.165, 1.54) is 57.8 Å². The SMILES string of the molecule is COC(=O)C1C2CCCCC2NC(C2CCCCC2)C1CBr. The molecule has 3 aliphatic rings. The van der Waals surface area contributed by atoms with Crippen LogP contribution in [0.1, 0.15) is 57.8 Å². The Morgan fingerprint density at radius 2 is 1.77 bits per heavy atom. The highest BCUT2D eigenvalue weighted by atomic mass is 79.9. The van der Waals surface area contributed by atoms with Crippen LogP contribution >= 0.6 is 15.9 Å². The largest absolute Gasteiger partial charge is 0.469 e. The monoisotopic (exact) mass is 371 g/mol. The van der Waals surface area contributed by atoms with Crippen molar-refractivity contribution in [3.05, 3.63) is 0 Å². The molecule has 5 unspecified atom stereocenters. The third-order valence-corrected chi connectivity index (χ3v) is 7.17. The van der Waals surface area contributed by atoms with Crippen LogP contribution in [-0.2, 0) is 9.53 Å². The second kappa shape index (κ2) is 7.65. The standard InChI is InChI=1S/C18H30BrNO2/c1-22-18(21)16-13-9-5-6-10-15(13)20-17(14(16)11-19)12-7-3-2-4-8-12/h12-17,20H,2-11H2,1H3. The van der Waals surface area contributed by atoms with Crippen molar-refractivity contribution in [3.8, 4) is 0 Å². The summed E-state index contributed by atoms with van der Waals surface area (Å²) in [6, 6.07) is 1.02. The van der Waals surface area contributed by atoms with Crippen molar-refractivity contribution >= 4 is 21.9 Å². The lowest BCUT2D eigenvalue weighted by molar-refractivity contribution is -0.154. The molecule has 0 spiro atoms. The van der Waals surface area contributed by atoms with Crippen LogP contribution in [0.15, 0.2) is 0 Å². The lowest BCUT2D eigenvalue weighted by Crippen LogP contribution is -2.62. The molecule has 1 aliphatic heterocycles. The number of nitrogens with one attached hydrogen (secondary N) is 1. The average molecular weight is 372 g/mol. The Kier molecular flexibility index (Phi) is 5.83. The van der Waals surface area contributed by atoms with Gasteiger partial charge in [0.1, 0.15) is 0 Å². The number of hydrogen-bond donors (Lipinski definition) is 1. The summed E-state index contributed by atoms with van der Waals surface area (Å²) >= 11 is 3.72. The summed E-state index contributed by atoms with van der Waals surface area (Å²) in [5, 5.41) is 4.90. The van der Waals surface area contributed by atoms with Gasteiger partial charge in [-0.15, -0.1) is 0 Å². The Hall–Kier alpha value is -0.0900. The molecule has 3 nitrogen and oxygen atoms in total. The highest BCUT2D eigenvalue weighted by Crippen LogP contribution is 2.44. The van der Waals surface area contributed by atoms with Crippen LogP contribution in [0, 0.1) is 23.7 Å². The topological polar surface area (TPSA) is 38.3 Å². The van der Waals surface area contributed by atoms with Crippen LogP contribution in [0.2, 0.25) is 0 Å². The quantitative estimate of drug-likeness (QED) is 0.603. The molecule has 0 aromatic rings. The Morgan fingerprint density at radius 1 is 1.09 bits per heavy atom. The number of carbonyl (C=O) groups excluding carboxylic acids is 1. The first kappa shape index (κ1) is 16.8. The lowest BCUT2D eigenvalue weighted by atomic mass is 9.63. The second-order valence-electron chi connectivity index (χ2n) is 7.51. The van der Waals surface area contributed by atoms with Crippen molar-refractivity contribution in [2.45, 2.75) is 69.9 Å². The van der Waals surface area contributed by atoms with Crippen molar-refractivity contribution in [2.24, 2.45) is 23.7 Å². The number of ether oxygens (including phenoxy) is 1. The van der Waals surface area contributed by atoms with Gasteiger partial charge in [-0.3, -0.25) is 4.79 Å². The van der Waals surface area contributed by atoms with Crippen molar-refractivity contribution in [3.63, 3.8) is 0 Å². The molecule has 22 heavy (non-hydrogen) atoms. The molecule has 4 heteroatoms. The molecule has 0 radical (unpaired) electrons. The molecule has 1 saturated heterocycles. The maximum atomic E-state index is 12.5. The van der Waals surface area contributed by atoms with Gasteiger partial charge in [-0.1, -0.05) is 48.0 Å². The van der Waals surface area contributed by atoms with Crippen molar-refractivity contribution in [2.75, 3.05) is 12.4 Å². The number of piperidine rings is 1. The molecule has 5 atom stereocenters. The highest BCUT2D eigenvalue weighted by Gasteiger charge is 2.50. The highest BCUT2D eigenvalue weighted by molar-refractivity contribution is 9.09. The average Bonchev–Trinajstić information content (AvgIpc) is 2.60. The number of alkyl halides is 1. The first-order valence-electron chi connectivity index (χ1n) is 9.16. The maximum absolute atomic E-state index is 12.5. The van der Waals surface area contributed by atoms with Crippen LogP contribution < -0.4 is 5.32 Å². The Labute approximate surface area is 143 Å². The first-order valence-corrected chi connectivity index (χ1v) is 10.3. The van der Waals surface area contributed by atoms with Gasteiger partial charge in [0, 0.05) is 17.4 Å². The van der Waals surface area contributed by atoms with Gasteiger partial charge in [0.05, 0.1) is 13.0 Å². The zero-order valence-corrected chi connectivity index (χ0v) is 15.3. The summed E-state index contributed by atoms with van der Waals surface area (Å²) in [5.41, 5.74) is 0. The van der Waals surface area contributed by atoms with Crippen molar-refractivity contribution in [1.82, 2.24) is 5.32 Å². The normalized spacial score (nSPS) is 40.0. The molecule has 0 aromatic heterocycles. The number of hydrogen-bond acceptors (Lipinski definition) is 3. The summed E-state index contributed by atoms with van der Waals surface area (Å²) < 4.78 is 5.22. The van der Waals surface area contributed by atoms with Gasteiger partial charge in [0.15, 0.2) is 0 Å². The Balaban J connectivity index is 1.84. The number of fused-ring (bicyclic) bond motifs is 1. The van der Waals surface area contributed by atoms with Crippen molar-refractivity contribution < 1.29 is 9.53 Å². The van der Waals surface area contributed by atoms with Gasteiger partial charge in [0.25, 0.3) is 0 Å². The first-order chi connectivity index (χ1) is 10.8. The molecule has 2 aliphatic carbocycles. The van der Waals surface area contributed by atoms with E-state index in [0.717, 1.165) is 11.2 Å². The van der Waals surface area contributed by atoms with Crippen LogP contribution in [0.5, 0.6) is 0 Å². The van der Waals surface area contributed by atoms with Gasteiger partial charge >= 0.3 is 5.97 Å². The fraction of sp³-hybridized carbons (Fsp3) is 0.944. The van der Waals surface area contributed by atoms with Gasteiger partial charge in [0.2, 0.25) is 0 Å². The van der Waals surface area contributed by atoms with E-state index in [4.69, 9.17) is 4.74 Å². The smallest absolute Gasteiger partial charge is 0.309 e. The van der Waals surface area contributed by atoms with Gasteiger partial charge < -0.3 is 10.1 Å². The zero-order valence-electron chi connectivity index (χ0n) is 13.7. The fourth-order valence-electron chi connectivity index (χ4n) is 5.36. The predicted octanol–water partition coefficient (Wildman–Crippen LogP) is 3.90. The summed E-state index contributed by atoms with van der Waals surface area (Å²) in [6.07, 6.45) is 11.7. The minimum Gasteiger partial charge on any atom is -0.469 e. The molecule has 3 rings (SSSR count). The van der Waals surface area contributed by atoms with E-state index in [-0.39, 0.29) is 11.9 Å². The van der Waals surface area contributed by atoms with E-state index in [9.17, 15) is 4.79 Å². The van der Waals surface area contributed by atoms with E-state index in [1.54, 1.807) is 7.11 Å². The molecule has 3 fully saturated rings. The molecule has 126 valence electrons. The number of methoxy groups -OCH3 is 1. The Morgan fingerprint density at radius 3 is 2.45 bits per heavy atom. The third-order valence-electron chi connectivity index (χ3n) is 6.42. The molecule has 2 saturated carbocycles. The summed E-state index contributed by atoms with van der Waals surface area (Å²) in [4.78, 5) is 12.5. The number of halogens is 1. The fourth-order valence-corrected chi connectivity index (χ4v) is 6.17. The van der Waals surface area contributed by atoms with Crippen LogP contribution in [0.4, 0.5) is 0 Å². The van der Waals surface area contributed by atoms with Gasteiger partial charge in [-0.25, -0.2) is 0 Å². The lowest BCUT2D eigenvalue weighted by Gasteiger charge is -2.51. The Bertz CT molecular complexity index is 383. The van der Waals surface area contributed by atoms with E-state index in [0.29, 0.717) is 23.9 Å². The minimum absolute atomic E-state index is 0.0312. The predicted molar refractivity (Wildman–Crippen MR) is 92.0 cm³/mol. The summed E-state index contributed by atoms with van der Waals surface area (Å²) in [5.74, 6) is 1.72. The summed E-state index contributed by atoms with van der Waals surface area (Å²) in [7, 11) is 1.56. The molecule has 0 bridgehead atoms. The van der Waals surface area contributed by atoms with E-state index < -0.39 is 0 Å². The van der Waals surface area contributed by atoms with Crippen LogP contribution in [0.3, 0.4) is 0 Å². The number of carbonyl (C=O) groups is 1. The van der Waals surface area contributed by atoms with E-state index in [2.05, 4.69) is 21.2 Å². The van der Waals surface area contributed by atoms with E-state index >= 15 is 0 Å². The third kappa shape index (κ3) is 3.24. The maximum Gasteiger partial charge on any atom is 0.309 e. The zero-order chi connectivity index (χ0) is 15.5. The number of rotatable bonds is 3.